The molecule has 2 rings (SSSR count). The number of halogens is 1. The third kappa shape index (κ3) is 3.30. The van der Waals surface area contributed by atoms with Gasteiger partial charge in [-0.1, -0.05) is 28.9 Å². The van der Waals surface area contributed by atoms with Crippen LogP contribution in [0.4, 0.5) is 0 Å². The minimum Gasteiger partial charge on any atom is -0.469 e. The van der Waals surface area contributed by atoms with Gasteiger partial charge in [0.05, 0.1) is 7.11 Å². The Balaban J connectivity index is 2.02. The van der Waals surface area contributed by atoms with Crippen LogP contribution < -0.4 is 0 Å². The summed E-state index contributed by atoms with van der Waals surface area (Å²) in [6.07, 6.45) is 0.520. The molecule has 0 aliphatic heterocycles. The number of carbonyl (C=O) groups is 1. The quantitative estimate of drug-likeness (QED) is 0.792. The van der Waals surface area contributed by atoms with Crippen molar-refractivity contribution in [3.8, 4) is 0 Å². The summed E-state index contributed by atoms with van der Waals surface area (Å²) < 4.78 is 9.46. The molecule has 18 heavy (non-hydrogen) atoms. The first-order chi connectivity index (χ1) is 8.67. The van der Waals surface area contributed by atoms with E-state index in [1.807, 2.05) is 12.1 Å². The predicted octanol–water partition coefficient (Wildman–Crippen LogP) is 2.03. The second-order valence-electron chi connectivity index (χ2n) is 3.66. The predicted molar refractivity (Wildman–Crippen MR) is 64.3 cm³/mol. The van der Waals surface area contributed by atoms with Crippen LogP contribution in [0.1, 0.15) is 17.3 Å². The van der Waals surface area contributed by atoms with Gasteiger partial charge in [0, 0.05) is 11.4 Å². The molecule has 0 N–H and O–H groups in total. The topological polar surface area (TPSA) is 65.2 Å². The molecule has 0 fully saturated rings. The number of methoxy groups -OCH3 is 1. The number of benzene rings is 1. The van der Waals surface area contributed by atoms with Crippen LogP contribution in [0.3, 0.4) is 0 Å². The van der Waals surface area contributed by atoms with Gasteiger partial charge < -0.3 is 9.26 Å². The lowest BCUT2D eigenvalue weighted by Crippen LogP contribution is -2.04. The molecule has 0 saturated heterocycles. The Labute approximate surface area is 109 Å². The Morgan fingerprint density at radius 1 is 1.39 bits per heavy atom. The summed E-state index contributed by atoms with van der Waals surface area (Å²) in [7, 11) is 1.31. The fraction of sp³-hybridized carbons (Fsp3) is 0.250. The first-order valence-electron chi connectivity index (χ1n) is 5.30. The molecule has 0 aliphatic carbocycles. The van der Waals surface area contributed by atoms with Crippen molar-refractivity contribution >= 4 is 17.6 Å². The number of hydrogen-bond acceptors (Lipinski definition) is 5. The lowest BCUT2D eigenvalue weighted by Gasteiger charge is -1.96. The summed E-state index contributed by atoms with van der Waals surface area (Å²) in [6, 6.07) is 7.37. The zero-order valence-corrected chi connectivity index (χ0v) is 10.5. The fourth-order valence-electron chi connectivity index (χ4n) is 1.41. The lowest BCUT2D eigenvalue weighted by atomic mass is 10.1. The average Bonchev–Trinajstić information content (AvgIpc) is 2.79. The van der Waals surface area contributed by atoms with E-state index in [1.54, 1.807) is 12.1 Å². The molecule has 1 aromatic heterocycles. The molecule has 1 aromatic carbocycles. The maximum atomic E-state index is 11.0. The summed E-state index contributed by atoms with van der Waals surface area (Å²) in [5.74, 6) is 0.374. The molecule has 0 unspecified atom stereocenters. The van der Waals surface area contributed by atoms with Crippen LogP contribution in [0.25, 0.3) is 0 Å². The maximum absolute atomic E-state index is 11.0. The molecular weight excluding hydrogens is 256 g/mol. The van der Waals surface area contributed by atoms with Crippen molar-refractivity contribution in [3.63, 3.8) is 0 Å². The van der Waals surface area contributed by atoms with E-state index in [0.29, 0.717) is 17.3 Å². The zero-order valence-electron chi connectivity index (χ0n) is 9.72. The Hall–Kier alpha value is -1.88. The number of esters is 1. The van der Waals surface area contributed by atoms with Crippen LogP contribution >= 0.6 is 11.6 Å². The van der Waals surface area contributed by atoms with Gasteiger partial charge in [-0.05, 0) is 17.7 Å². The van der Waals surface area contributed by atoms with Crippen molar-refractivity contribution in [1.82, 2.24) is 10.1 Å². The normalized spacial score (nSPS) is 10.3. The fourth-order valence-corrected chi connectivity index (χ4v) is 1.54. The molecule has 6 heteroatoms. The molecule has 0 saturated carbocycles. The van der Waals surface area contributed by atoms with Gasteiger partial charge in [0.25, 0.3) is 0 Å². The first-order valence-corrected chi connectivity index (χ1v) is 5.68. The molecule has 0 radical (unpaired) electrons. The highest BCUT2D eigenvalue weighted by atomic mass is 35.5. The van der Waals surface area contributed by atoms with E-state index < -0.39 is 5.97 Å². The highest BCUT2D eigenvalue weighted by Gasteiger charge is 2.11. The number of rotatable bonds is 4. The van der Waals surface area contributed by atoms with Crippen LogP contribution in [-0.4, -0.2) is 23.2 Å². The van der Waals surface area contributed by atoms with Crippen molar-refractivity contribution in [3.05, 3.63) is 46.6 Å². The molecule has 5 nitrogen and oxygen atoms in total. The summed E-state index contributed by atoms with van der Waals surface area (Å²) in [6.45, 7) is 0. The van der Waals surface area contributed by atoms with E-state index in [2.05, 4.69) is 14.9 Å². The minimum absolute atomic E-state index is 0.00980. The van der Waals surface area contributed by atoms with Crippen LogP contribution in [-0.2, 0) is 22.4 Å². The molecule has 0 atom stereocenters. The van der Waals surface area contributed by atoms with Gasteiger partial charge in [0.2, 0.25) is 5.89 Å². The largest absolute Gasteiger partial charge is 0.469 e. The van der Waals surface area contributed by atoms with Crippen molar-refractivity contribution in [1.29, 1.82) is 0 Å². The molecule has 1 heterocycles. The number of aromatic nitrogens is 2. The molecular formula is C12H11ClN2O3. The van der Waals surface area contributed by atoms with Crippen LogP contribution in [0.15, 0.2) is 28.8 Å². The smallest absolute Gasteiger partial charge is 0.315 e. The number of nitrogens with zero attached hydrogens (tertiary/aromatic N) is 2. The number of hydrogen-bond donors (Lipinski definition) is 0. The summed E-state index contributed by atoms with van der Waals surface area (Å²) in [5, 5.41) is 4.47. The second kappa shape index (κ2) is 5.64. The van der Waals surface area contributed by atoms with Crippen LogP contribution in [0, 0.1) is 0 Å². The van der Waals surface area contributed by atoms with Gasteiger partial charge in [0.1, 0.15) is 6.42 Å². The Morgan fingerprint density at radius 2 is 2.11 bits per heavy atom. The molecule has 0 spiro atoms. The van der Waals surface area contributed by atoms with Crippen LogP contribution in [0.2, 0.25) is 5.02 Å². The van der Waals surface area contributed by atoms with E-state index >= 15 is 0 Å². The Kier molecular flexibility index (Phi) is 3.94. The highest BCUT2D eigenvalue weighted by molar-refractivity contribution is 6.30. The first kappa shape index (κ1) is 12.6. The standard InChI is InChI=1S/C12H11ClN2O3/c1-17-12(16)7-11-14-10(15-18-11)6-8-2-4-9(13)5-3-8/h2-5H,6-7H2,1H3. The highest BCUT2D eigenvalue weighted by Crippen LogP contribution is 2.12. The number of ether oxygens (including phenoxy) is 1. The Bertz CT molecular complexity index is 537. The Morgan fingerprint density at radius 3 is 2.78 bits per heavy atom. The van der Waals surface area contributed by atoms with E-state index in [1.165, 1.54) is 7.11 Å². The summed E-state index contributed by atoms with van der Waals surface area (Å²) >= 11 is 5.79. The molecule has 0 aliphatic rings. The van der Waals surface area contributed by atoms with Gasteiger partial charge >= 0.3 is 5.97 Å². The van der Waals surface area contributed by atoms with Gasteiger partial charge in [-0.15, -0.1) is 0 Å². The molecule has 94 valence electrons. The monoisotopic (exact) mass is 266 g/mol. The third-order valence-corrected chi connectivity index (χ3v) is 2.56. The van der Waals surface area contributed by atoms with Crippen molar-refractivity contribution in [2.75, 3.05) is 7.11 Å². The van der Waals surface area contributed by atoms with E-state index in [4.69, 9.17) is 16.1 Å². The number of carbonyl (C=O) groups excluding carboxylic acids is 1. The average molecular weight is 267 g/mol. The van der Waals surface area contributed by atoms with Gasteiger partial charge in [-0.25, -0.2) is 0 Å². The molecule has 2 aromatic rings. The summed E-state index contributed by atoms with van der Waals surface area (Å²) in [4.78, 5) is 15.1. The van der Waals surface area contributed by atoms with Crippen molar-refractivity contribution < 1.29 is 14.1 Å². The zero-order chi connectivity index (χ0) is 13.0. The lowest BCUT2D eigenvalue weighted by molar-refractivity contribution is -0.140. The van der Waals surface area contributed by atoms with E-state index in [-0.39, 0.29) is 12.3 Å². The van der Waals surface area contributed by atoms with E-state index in [9.17, 15) is 4.79 Å². The van der Waals surface area contributed by atoms with Gasteiger partial charge in [0.15, 0.2) is 5.82 Å². The second-order valence-corrected chi connectivity index (χ2v) is 4.10. The minimum atomic E-state index is -0.406. The van der Waals surface area contributed by atoms with Crippen molar-refractivity contribution in [2.24, 2.45) is 0 Å². The SMILES string of the molecule is COC(=O)Cc1nc(Cc2ccc(Cl)cc2)no1. The van der Waals surface area contributed by atoms with Gasteiger partial charge in [-0.3, -0.25) is 4.79 Å². The van der Waals surface area contributed by atoms with Crippen molar-refractivity contribution in [2.45, 2.75) is 12.8 Å². The summed E-state index contributed by atoms with van der Waals surface area (Å²) in [5.41, 5.74) is 1.02. The van der Waals surface area contributed by atoms with Crippen LogP contribution in [0.5, 0.6) is 0 Å². The van der Waals surface area contributed by atoms with E-state index in [0.717, 1.165) is 5.56 Å². The third-order valence-electron chi connectivity index (χ3n) is 2.31. The van der Waals surface area contributed by atoms with Gasteiger partial charge in [-0.2, -0.15) is 4.98 Å². The maximum Gasteiger partial charge on any atom is 0.315 e. The molecule has 0 amide bonds. The molecule has 0 bridgehead atoms.